The Morgan fingerprint density at radius 3 is 2.90 bits per heavy atom. The molecule has 0 spiro atoms. The van der Waals surface area contributed by atoms with Crippen LogP contribution < -0.4 is 5.32 Å². The summed E-state index contributed by atoms with van der Waals surface area (Å²) >= 11 is 0. The first-order valence-corrected chi connectivity index (χ1v) is 7.04. The van der Waals surface area contributed by atoms with Crippen molar-refractivity contribution in [2.75, 3.05) is 13.1 Å². The molecule has 3 heteroatoms. The van der Waals surface area contributed by atoms with Gasteiger partial charge in [0.15, 0.2) is 0 Å². The molecule has 2 rings (SSSR count). The molecule has 1 aromatic carbocycles. The van der Waals surface area contributed by atoms with Gasteiger partial charge in [-0.05, 0) is 50.8 Å². The number of nitrogens with one attached hydrogen (secondary N) is 2. The van der Waals surface area contributed by atoms with Gasteiger partial charge in [-0.15, -0.1) is 5.92 Å². The Labute approximate surface area is 120 Å². The number of benzene rings is 1. The number of hydrogen-bond donors (Lipinski definition) is 3. The molecule has 0 bridgehead atoms. The molecular formula is C17H22N2O. The normalized spacial score (nSPS) is 13.8. The van der Waals surface area contributed by atoms with E-state index in [1.165, 1.54) is 0 Å². The molecule has 1 aromatic heterocycles. The molecule has 1 heterocycles. The first-order valence-electron chi connectivity index (χ1n) is 7.04. The first kappa shape index (κ1) is 14.6. The van der Waals surface area contributed by atoms with Crippen LogP contribution in [-0.2, 0) is 5.60 Å². The van der Waals surface area contributed by atoms with Crippen LogP contribution in [0.15, 0.2) is 30.3 Å². The Bertz CT molecular complexity index is 583. The summed E-state index contributed by atoms with van der Waals surface area (Å²) in [4.78, 5) is 3.30. The lowest BCUT2D eigenvalue weighted by Crippen LogP contribution is -2.24. The second kappa shape index (κ2) is 6.60. The summed E-state index contributed by atoms with van der Waals surface area (Å²) in [6.07, 6.45) is 1.63. The van der Waals surface area contributed by atoms with Crippen molar-refractivity contribution in [2.45, 2.75) is 32.3 Å². The minimum absolute atomic E-state index is 0.713. The smallest absolute Gasteiger partial charge is 0.102 e. The summed E-state index contributed by atoms with van der Waals surface area (Å²) in [5, 5.41) is 15.0. The van der Waals surface area contributed by atoms with Gasteiger partial charge in [0.25, 0.3) is 0 Å². The van der Waals surface area contributed by atoms with Crippen molar-refractivity contribution < 1.29 is 5.11 Å². The third-order valence-electron chi connectivity index (χ3n) is 3.52. The molecule has 0 fully saturated rings. The Morgan fingerprint density at radius 2 is 2.15 bits per heavy atom. The highest BCUT2D eigenvalue weighted by Gasteiger charge is 2.24. The van der Waals surface area contributed by atoms with Crippen LogP contribution in [0.3, 0.4) is 0 Å². The number of aliphatic hydroxyl groups is 1. The zero-order valence-corrected chi connectivity index (χ0v) is 12.2. The van der Waals surface area contributed by atoms with E-state index in [-0.39, 0.29) is 0 Å². The number of hydrogen-bond acceptors (Lipinski definition) is 2. The maximum Gasteiger partial charge on any atom is 0.102 e. The predicted octanol–water partition coefficient (Wildman–Crippen LogP) is 2.77. The van der Waals surface area contributed by atoms with E-state index in [0.717, 1.165) is 29.6 Å². The van der Waals surface area contributed by atoms with Crippen LogP contribution in [0.2, 0.25) is 0 Å². The SMILES string of the molecule is CC#CCNCCCC(C)(O)c1cc2ccccc2[nH]1. The summed E-state index contributed by atoms with van der Waals surface area (Å²) in [5.41, 5.74) is 1.13. The minimum Gasteiger partial charge on any atom is -0.384 e. The molecule has 20 heavy (non-hydrogen) atoms. The van der Waals surface area contributed by atoms with E-state index in [2.05, 4.69) is 28.2 Å². The Kier molecular flexibility index (Phi) is 4.84. The van der Waals surface area contributed by atoms with Crippen LogP contribution in [-0.4, -0.2) is 23.2 Å². The Balaban J connectivity index is 1.93. The molecule has 0 saturated carbocycles. The summed E-state index contributed by atoms with van der Waals surface area (Å²) in [6.45, 7) is 5.28. The standard InChI is InChI=1S/C17H22N2O/c1-3-4-11-18-12-7-10-17(2,20)16-13-14-8-5-6-9-15(14)19-16/h5-6,8-9,13,18-20H,7,10-12H2,1-2H3. The van der Waals surface area contributed by atoms with E-state index in [0.29, 0.717) is 13.0 Å². The maximum absolute atomic E-state index is 10.6. The average molecular weight is 270 g/mol. The molecule has 0 aliphatic rings. The van der Waals surface area contributed by atoms with Gasteiger partial charge in [0, 0.05) is 11.2 Å². The van der Waals surface area contributed by atoms with Gasteiger partial charge in [0.05, 0.1) is 6.54 Å². The van der Waals surface area contributed by atoms with E-state index >= 15 is 0 Å². The largest absolute Gasteiger partial charge is 0.384 e. The van der Waals surface area contributed by atoms with Crippen molar-refractivity contribution in [2.24, 2.45) is 0 Å². The predicted molar refractivity (Wildman–Crippen MR) is 83.4 cm³/mol. The number of rotatable bonds is 6. The molecule has 106 valence electrons. The molecule has 0 aliphatic carbocycles. The van der Waals surface area contributed by atoms with Crippen LogP contribution in [0.25, 0.3) is 10.9 Å². The fourth-order valence-corrected chi connectivity index (χ4v) is 2.30. The van der Waals surface area contributed by atoms with Crippen LogP contribution >= 0.6 is 0 Å². The third kappa shape index (κ3) is 3.63. The first-order chi connectivity index (χ1) is 9.63. The van der Waals surface area contributed by atoms with Gasteiger partial charge in [-0.3, -0.25) is 0 Å². The van der Waals surface area contributed by atoms with Crippen LogP contribution in [0.4, 0.5) is 0 Å². The zero-order chi connectivity index (χ0) is 14.4. The van der Waals surface area contributed by atoms with Crippen molar-refractivity contribution in [1.29, 1.82) is 0 Å². The Hall–Kier alpha value is -1.76. The van der Waals surface area contributed by atoms with Crippen molar-refractivity contribution >= 4 is 10.9 Å². The van der Waals surface area contributed by atoms with Crippen LogP contribution in [0.5, 0.6) is 0 Å². The average Bonchev–Trinajstić information content (AvgIpc) is 2.87. The monoisotopic (exact) mass is 270 g/mol. The van der Waals surface area contributed by atoms with Crippen LogP contribution in [0, 0.1) is 11.8 Å². The van der Waals surface area contributed by atoms with E-state index < -0.39 is 5.60 Å². The summed E-state index contributed by atoms with van der Waals surface area (Å²) < 4.78 is 0. The summed E-state index contributed by atoms with van der Waals surface area (Å²) in [5.74, 6) is 5.81. The van der Waals surface area contributed by atoms with Gasteiger partial charge < -0.3 is 15.4 Å². The third-order valence-corrected chi connectivity index (χ3v) is 3.52. The lowest BCUT2D eigenvalue weighted by Gasteiger charge is -2.22. The quantitative estimate of drug-likeness (QED) is 0.558. The molecule has 3 nitrogen and oxygen atoms in total. The van der Waals surface area contributed by atoms with Gasteiger partial charge in [-0.25, -0.2) is 0 Å². The molecule has 1 atom stereocenters. The van der Waals surface area contributed by atoms with Gasteiger partial charge in [0.2, 0.25) is 0 Å². The van der Waals surface area contributed by atoms with Crippen molar-refractivity contribution in [1.82, 2.24) is 10.3 Å². The van der Waals surface area contributed by atoms with Crippen molar-refractivity contribution in [3.63, 3.8) is 0 Å². The fourth-order valence-electron chi connectivity index (χ4n) is 2.30. The van der Waals surface area contributed by atoms with Gasteiger partial charge in [-0.2, -0.15) is 0 Å². The van der Waals surface area contributed by atoms with Gasteiger partial charge in [-0.1, -0.05) is 24.1 Å². The van der Waals surface area contributed by atoms with Gasteiger partial charge >= 0.3 is 0 Å². The molecule has 1 unspecified atom stereocenters. The maximum atomic E-state index is 10.6. The van der Waals surface area contributed by atoms with Gasteiger partial charge in [0.1, 0.15) is 5.60 Å². The van der Waals surface area contributed by atoms with E-state index in [1.807, 2.05) is 38.1 Å². The lowest BCUT2D eigenvalue weighted by molar-refractivity contribution is 0.0420. The van der Waals surface area contributed by atoms with Crippen molar-refractivity contribution in [3.05, 3.63) is 36.0 Å². The molecule has 0 radical (unpaired) electrons. The molecule has 0 saturated heterocycles. The molecule has 0 amide bonds. The van der Waals surface area contributed by atoms with E-state index in [4.69, 9.17) is 0 Å². The number of fused-ring (bicyclic) bond motifs is 1. The van der Waals surface area contributed by atoms with E-state index in [1.54, 1.807) is 0 Å². The lowest BCUT2D eigenvalue weighted by atomic mass is 9.96. The van der Waals surface area contributed by atoms with Crippen molar-refractivity contribution in [3.8, 4) is 11.8 Å². The molecule has 0 aliphatic heterocycles. The number of H-pyrrole nitrogens is 1. The van der Waals surface area contributed by atoms with Crippen LogP contribution in [0.1, 0.15) is 32.4 Å². The zero-order valence-electron chi connectivity index (χ0n) is 12.2. The second-order valence-electron chi connectivity index (χ2n) is 5.25. The fraction of sp³-hybridized carbons (Fsp3) is 0.412. The molecule has 2 aromatic rings. The number of aromatic amines is 1. The summed E-state index contributed by atoms with van der Waals surface area (Å²) in [6, 6.07) is 10.1. The Morgan fingerprint density at radius 1 is 1.35 bits per heavy atom. The number of para-hydroxylation sites is 1. The topological polar surface area (TPSA) is 48.0 Å². The highest BCUT2D eigenvalue weighted by atomic mass is 16.3. The highest BCUT2D eigenvalue weighted by Crippen LogP contribution is 2.28. The minimum atomic E-state index is -0.822. The number of aromatic nitrogens is 1. The second-order valence-corrected chi connectivity index (χ2v) is 5.25. The molecule has 3 N–H and O–H groups in total. The van der Waals surface area contributed by atoms with E-state index in [9.17, 15) is 5.11 Å². The molecular weight excluding hydrogens is 248 g/mol. The highest BCUT2D eigenvalue weighted by molar-refractivity contribution is 5.80. The summed E-state index contributed by atoms with van der Waals surface area (Å²) in [7, 11) is 0.